The van der Waals surface area contributed by atoms with Crippen molar-refractivity contribution in [2.24, 2.45) is 0 Å². The van der Waals surface area contributed by atoms with Crippen LogP contribution < -0.4 is 20.7 Å². The van der Waals surface area contributed by atoms with E-state index in [1.165, 1.54) is 7.11 Å². The van der Waals surface area contributed by atoms with Crippen molar-refractivity contribution in [1.82, 2.24) is 15.6 Å². The lowest BCUT2D eigenvalue weighted by molar-refractivity contribution is 0.135. The highest BCUT2D eigenvalue weighted by molar-refractivity contribution is 9.10. The molecule has 0 bridgehead atoms. The van der Waals surface area contributed by atoms with Crippen LogP contribution in [0.3, 0.4) is 0 Å². The maximum atomic E-state index is 12.3. The number of alkyl carbamates (subject to hydrolysis) is 1. The molecule has 29 heavy (non-hydrogen) atoms. The molecule has 1 heterocycles. The highest BCUT2D eigenvalue weighted by Crippen LogP contribution is 2.22. The van der Waals surface area contributed by atoms with E-state index >= 15 is 0 Å². The monoisotopic (exact) mass is 462 g/mol. The predicted octanol–water partition coefficient (Wildman–Crippen LogP) is 3.82. The number of carbonyl (C=O) groups excluding carboxylic acids is 2. The maximum absolute atomic E-state index is 12.3. The fourth-order valence-electron chi connectivity index (χ4n) is 3.18. The van der Waals surface area contributed by atoms with Gasteiger partial charge in [0.1, 0.15) is 11.2 Å². The first-order valence-electron chi connectivity index (χ1n) is 9.28. The van der Waals surface area contributed by atoms with Crippen molar-refractivity contribution >= 4 is 33.7 Å². The highest BCUT2D eigenvalue weighted by atomic mass is 79.9. The molecule has 1 aliphatic rings. The van der Waals surface area contributed by atoms with Gasteiger partial charge in [-0.15, -0.1) is 0 Å². The Morgan fingerprint density at radius 3 is 2.59 bits per heavy atom. The number of carbonyl (C=O) groups is 2. The van der Waals surface area contributed by atoms with Crippen molar-refractivity contribution in [1.29, 1.82) is 0 Å². The molecule has 1 saturated carbocycles. The summed E-state index contributed by atoms with van der Waals surface area (Å²) in [4.78, 5) is 28.3. The zero-order valence-electron chi connectivity index (χ0n) is 16.0. The molecule has 1 aliphatic carbocycles. The van der Waals surface area contributed by atoms with Crippen molar-refractivity contribution in [3.05, 3.63) is 52.6 Å². The van der Waals surface area contributed by atoms with Gasteiger partial charge >= 0.3 is 12.1 Å². The van der Waals surface area contributed by atoms with Crippen molar-refractivity contribution in [3.63, 3.8) is 0 Å². The molecule has 1 aromatic heterocycles. The molecule has 0 saturated heterocycles. The Kier molecular flexibility index (Phi) is 7.29. The van der Waals surface area contributed by atoms with Gasteiger partial charge in [0.25, 0.3) is 0 Å². The van der Waals surface area contributed by atoms with Gasteiger partial charge in [-0.2, -0.15) is 0 Å². The van der Waals surface area contributed by atoms with E-state index in [0.29, 0.717) is 22.6 Å². The topological polar surface area (TPSA) is 102 Å². The third-order valence-corrected chi connectivity index (χ3v) is 4.95. The summed E-state index contributed by atoms with van der Waals surface area (Å²) in [6, 6.07) is 12.5. The first-order chi connectivity index (χ1) is 14.0. The molecule has 154 valence electrons. The van der Waals surface area contributed by atoms with E-state index in [1.807, 2.05) is 30.3 Å². The van der Waals surface area contributed by atoms with Gasteiger partial charge in [0.15, 0.2) is 0 Å². The van der Waals surface area contributed by atoms with Crippen LogP contribution in [0, 0.1) is 0 Å². The van der Waals surface area contributed by atoms with Crippen LogP contribution in [0.25, 0.3) is 0 Å². The number of urea groups is 1. The minimum Gasteiger partial charge on any atom is -0.481 e. The lowest BCUT2D eigenvalue weighted by atomic mass is 10.2. The number of anilines is 1. The molecule has 1 fully saturated rings. The number of pyridine rings is 1. The SMILES string of the molecule is COc1cc(NC(=O)N[C@@H]2CC[C@H](NC(=O)OCc3ccccc3)C2)cc(Br)n1. The second kappa shape index (κ2) is 10.1. The Balaban J connectivity index is 1.40. The number of hydrogen-bond donors (Lipinski definition) is 3. The maximum Gasteiger partial charge on any atom is 0.407 e. The third kappa shape index (κ3) is 6.63. The summed E-state index contributed by atoms with van der Waals surface area (Å²) in [6.07, 6.45) is 1.76. The Labute approximate surface area is 177 Å². The van der Waals surface area contributed by atoms with Crippen LogP contribution in [0.2, 0.25) is 0 Å². The zero-order valence-corrected chi connectivity index (χ0v) is 17.6. The van der Waals surface area contributed by atoms with Crippen LogP contribution in [-0.2, 0) is 11.3 Å². The number of ether oxygens (including phenoxy) is 2. The van der Waals surface area contributed by atoms with Gasteiger partial charge in [-0.05, 0) is 46.8 Å². The van der Waals surface area contributed by atoms with Crippen molar-refractivity contribution in [2.45, 2.75) is 38.0 Å². The number of methoxy groups -OCH3 is 1. The summed E-state index contributed by atoms with van der Waals surface area (Å²) in [5.41, 5.74) is 1.50. The van der Waals surface area contributed by atoms with Gasteiger partial charge in [0.2, 0.25) is 5.88 Å². The van der Waals surface area contributed by atoms with E-state index < -0.39 is 6.09 Å². The number of nitrogens with one attached hydrogen (secondary N) is 3. The average molecular weight is 463 g/mol. The number of benzene rings is 1. The normalized spacial score (nSPS) is 18.0. The molecule has 2 aromatic rings. The summed E-state index contributed by atoms with van der Waals surface area (Å²) in [6.45, 7) is 0.231. The van der Waals surface area contributed by atoms with Gasteiger partial charge < -0.3 is 25.4 Å². The summed E-state index contributed by atoms with van der Waals surface area (Å²) < 4.78 is 10.9. The van der Waals surface area contributed by atoms with Crippen LogP contribution in [0.4, 0.5) is 15.3 Å². The van der Waals surface area contributed by atoms with Crippen molar-refractivity contribution < 1.29 is 19.1 Å². The highest BCUT2D eigenvalue weighted by Gasteiger charge is 2.27. The number of rotatable bonds is 6. The number of hydrogen-bond acceptors (Lipinski definition) is 5. The Hall–Kier alpha value is -2.81. The fraction of sp³-hybridized carbons (Fsp3) is 0.350. The van der Waals surface area contributed by atoms with Gasteiger partial charge in [0, 0.05) is 18.2 Å². The van der Waals surface area contributed by atoms with Crippen LogP contribution >= 0.6 is 15.9 Å². The van der Waals surface area contributed by atoms with Gasteiger partial charge in [-0.1, -0.05) is 30.3 Å². The molecule has 0 spiro atoms. The lowest BCUT2D eigenvalue weighted by Gasteiger charge is -2.15. The smallest absolute Gasteiger partial charge is 0.407 e. The second-order valence-corrected chi connectivity index (χ2v) is 7.54. The molecule has 3 N–H and O–H groups in total. The second-order valence-electron chi connectivity index (χ2n) is 6.73. The third-order valence-electron chi connectivity index (χ3n) is 4.54. The predicted molar refractivity (Wildman–Crippen MR) is 112 cm³/mol. The van der Waals surface area contributed by atoms with E-state index in [9.17, 15) is 9.59 Å². The Bertz CT molecular complexity index is 850. The van der Waals surface area contributed by atoms with E-state index in [-0.39, 0.29) is 24.7 Å². The largest absolute Gasteiger partial charge is 0.481 e. The van der Waals surface area contributed by atoms with Crippen LogP contribution in [0.1, 0.15) is 24.8 Å². The molecular weight excluding hydrogens is 440 g/mol. The number of halogens is 1. The molecule has 3 amide bonds. The standard InChI is InChI=1S/C20H23BrN4O4/c1-28-18-11-16(10-17(21)25-18)23-19(26)22-14-7-8-15(9-14)24-20(27)29-12-13-5-3-2-4-6-13/h2-6,10-11,14-15H,7-9,12H2,1H3,(H,24,27)(H2,22,23,25,26)/t14-,15+/m1/s1. The summed E-state index contributed by atoms with van der Waals surface area (Å²) in [5, 5.41) is 8.55. The van der Waals surface area contributed by atoms with E-state index in [4.69, 9.17) is 9.47 Å². The first-order valence-corrected chi connectivity index (χ1v) is 10.1. The fourth-order valence-corrected chi connectivity index (χ4v) is 3.60. The van der Waals surface area contributed by atoms with Gasteiger partial charge in [-0.25, -0.2) is 14.6 Å². The first kappa shape index (κ1) is 20.9. The molecule has 8 nitrogen and oxygen atoms in total. The molecule has 3 rings (SSSR count). The van der Waals surface area contributed by atoms with Crippen LogP contribution in [0.5, 0.6) is 5.88 Å². The van der Waals surface area contributed by atoms with Crippen molar-refractivity contribution in [3.8, 4) is 5.88 Å². The molecule has 2 atom stereocenters. The number of nitrogens with zero attached hydrogens (tertiary/aromatic N) is 1. The van der Waals surface area contributed by atoms with Crippen LogP contribution in [0.15, 0.2) is 47.1 Å². The van der Waals surface area contributed by atoms with E-state index in [1.54, 1.807) is 12.1 Å². The van der Waals surface area contributed by atoms with Gasteiger partial charge in [-0.3, -0.25) is 0 Å². The molecule has 9 heteroatoms. The van der Waals surface area contributed by atoms with E-state index in [2.05, 4.69) is 36.9 Å². The molecule has 0 radical (unpaired) electrons. The van der Waals surface area contributed by atoms with E-state index in [0.717, 1.165) is 18.4 Å². The van der Waals surface area contributed by atoms with Crippen LogP contribution in [-0.4, -0.2) is 36.3 Å². The quantitative estimate of drug-likeness (QED) is 0.566. The number of aromatic nitrogens is 1. The minimum absolute atomic E-state index is 0.0263. The Morgan fingerprint density at radius 1 is 1.14 bits per heavy atom. The number of amides is 3. The average Bonchev–Trinajstić information content (AvgIpc) is 3.13. The van der Waals surface area contributed by atoms with Gasteiger partial charge in [0.05, 0.1) is 12.8 Å². The lowest BCUT2D eigenvalue weighted by Crippen LogP contribution is -2.39. The molecule has 1 aromatic carbocycles. The minimum atomic E-state index is -0.447. The molecule has 0 unspecified atom stereocenters. The summed E-state index contributed by atoms with van der Waals surface area (Å²) in [5.74, 6) is 0.397. The summed E-state index contributed by atoms with van der Waals surface area (Å²) >= 11 is 3.28. The van der Waals surface area contributed by atoms with Crippen molar-refractivity contribution in [2.75, 3.05) is 12.4 Å². The molecule has 0 aliphatic heterocycles. The molecular formula is C20H23BrN4O4. The summed E-state index contributed by atoms with van der Waals surface area (Å²) in [7, 11) is 1.51. The zero-order chi connectivity index (χ0) is 20.6. The Morgan fingerprint density at radius 2 is 1.86 bits per heavy atom.